The van der Waals surface area contributed by atoms with Gasteiger partial charge in [-0.25, -0.2) is 10.9 Å². The Morgan fingerprint density at radius 1 is 0.852 bits per heavy atom. The van der Waals surface area contributed by atoms with E-state index in [0.717, 1.165) is 22.3 Å². The van der Waals surface area contributed by atoms with Crippen molar-refractivity contribution < 1.29 is 4.79 Å². The Morgan fingerprint density at radius 2 is 1.59 bits per heavy atom. The quantitative estimate of drug-likeness (QED) is 0.484. The highest BCUT2D eigenvalue weighted by Gasteiger charge is 2.15. The molecule has 0 radical (unpaired) electrons. The fourth-order valence-electron chi connectivity index (χ4n) is 3.13. The molecule has 6 nitrogen and oxygen atoms in total. The predicted molar refractivity (Wildman–Crippen MR) is 105 cm³/mol. The summed E-state index contributed by atoms with van der Waals surface area (Å²) in [5, 5.41) is 3.03. The lowest BCUT2D eigenvalue weighted by Gasteiger charge is -2.13. The maximum Gasteiger partial charge on any atom is 0.252 e. The summed E-state index contributed by atoms with van der Waals surface area (Å²) in [7, 11) is 0. The Kier molecular flexibility index (Phi) is 5.22. The van der Waals surface area contributed by atoms with E-state index in [-0.39, 0.29) is 12.1 Å². The van der Waals surface area contributed by atoms with Crippen LogP contribution in [0, 0.1) is 0 Å². The molecule has 3 aromatic rings. The number of hydrogen-bond acceptors (Lipinski definition) is 5. The van der Waals surface area contributed by atoms with Gasteiger partial charge in [0.1, 0.15) is 6.17 Å². The summed E-state index contributed by atoms with van der Waals surface area (Å²) in [6.45, 7) is 0.462. The van der Waals surface area contributed by atoms with E-state index >= 15 is 0 Å². The minimum Gasteiger partial charge on any atom is -0.348 e. The van der Waals surface area contributed by atoms with Crippen molar-refractivity contribution in [2.24, 2.45) is 0 Å². The first-order valence-electron chi connectivity index (χ1n) is 8.84. The van der Waals surface area contributed by atoms with Gasteiger partial charge in [-0.3, -0.25) is 4.79 Å². The molecule has 1 aliphatic rings. The van der Waals surface area contributed by atoms with Crippen LogP contribution in [0.2, 0.25) is 0 Å². The molecule has 5 N–H and O–H groups in total. The largest absolute Gasteiger partial charge is 0.348 e. The highest BCUT2D eigenvalue weighted by atomic mass is 16.1. The number of rotatable bonds is 5. The molecule has 1 saturated heterocycles. The van der Waals surface area contributed by atoms with Crippen LogP contribution in [0.3, 0.4) is 0 Å². The maximum absolute atomic E-state index is 12.8. The molecule has 4 rings (SSSR count). The van der Waals surface area contributed by atoms with Gasteiger partial charge in [-0.05, 0) is 28.3 Å². The summed E-state index contributed by atoms with van der Waals surface area (Å²) in [5.41, 5.74) is 16.5. The predicted octanol–water partition coefficient (Wildman–Crippen LogP) is 2.40. The lowest BCUT2D eigenvalue weighted by atomic mass is 9.99. The third kappa shape index (κ3) is 4.05. The molecule has 0 saturated carbocycles. The number of carbonyl (C=O) groups excluding carboxylic acids is 1. The van der Waals surface area contributed by atoms with Crippen molar-refractivity contribution in [1.82, 2.24) is 27.2 Å². The average Bonchev–Trinajstić information content (AvgIpc) is 3.28. The van der Waals surface area contributed by atoms with Crippen molar-refractivity contribution in [3.8, 4) is 11.1 Å². The summed E-state index contributed by atoms with van der Waals surface area (Å²) in [6, 6.07) is 25.7. The molecule has 1 amide bonds. The van der Waals surface area contributed by atoms with Gasteiger partial charge >= 0.3 is 0 Å². The van der Waals surface area contributed by atoms with Crippen LogP contribution in [0.15, 0.2) is 78.9 Å². The van der Waals surface area contributed by atoms with Crippen LogP contribution in [-0.4, -0.2) is 5.91 Å². The minimum absolute atomic E-state index is 0.0283. The van der Waals surface area contributed by atoms with E-state index in [2.05, 4.69) is 33.3 Å². The highest BCUT2D eigenvalue weighted by Crippen LogP contribution is 2.23. The number of hydrogen-bond donors (Lipinski definition) is 5. The van der Waals surface area contributed by atoms with Gasteiger partial charge in [-0.1, -0.05) is 72.8 Å². The molecule has 136 valence electrons. The molecule has 0 spiro atoms. The Balaban J connectivity index is 1.48. The zero-order valence-corrected chi connectivity index (χ0v) is 14.7. The third-order valence-corrected chi connectivity index (χ3v) is 4.49. The van der Waals surface area contributed by atoms with Crippen LogP contribution in [-0.2, 0) is 6.54 Å². The molecule has 3 aromatic carbocycles. The number of benzene rings is 3. The monoisotopic (exact) mass is 359 g/mol. The van der Waals surface area contributed by atoms with Crippen LogP contribution < -0.4 is 27.2 Å². The van der Waals surface area contributed by atoms with Gasteiger partial charge in [0, 0.05) is 12.1 Å². The Labute approximate surface area is 157 Å². The van der Waals surface area contributed by atoms with E-state index in [0.29, 0.717) is 12.1 Å². The van der Waals surface area contributed by atoms with Crippen LogP contribution in [0.1, 0.15) is 27.7 Å². The zero-order valence-electron chi connectivity index (χ0n) is 14.7. The molecule has 0 aliphatic carbocycles. The molecular weight excluding hydrogens is 338 g/mol. The first-order chi connectivity index (χ1) is 13.3. The number of amides is 1. The first kappa shape index (κ1) is 17.4. The van der Waals surface area contributed by atoms with Gasteiger partial charge in [0.25, 0.3) is 5.91 Å². The molecule has 0 bridgehead atoms. The van der Waals surface area contributed by atoms with Crippen LogP contribution in [0.25, 0.3) is 11.1 Å². The van der Waals surface area contributed by atoms with E-state index < -0.39 is 0 Å². The minimum atomic E-state index is -0.0831. The van der Waals surface area contributed by atoms with Crippen molar-refractivity contribution in [3.05, 3.63) is 95.6 Å². The van der Waals surface area contributed by atoms with E-state index in [1.807, 2.05) is 72.8 Å². The maximum atomic E-state index is 12.8. The molecule has 0 aromatic heterocycles. The van der Waals surface area contributed by atoms with Crippen molar-refractivity contribution in [2.75, 3.05) is 0 Å². The van der Waals surface area contributed by atoms with Crippen LogP contribution in [0.5, 0.6) is 0 Å². The fraction of sp³-hybridized carbons (Fsp3) is 0.0952. The second-order valence-corrected chi connectivity index (χ2v) is 6.31. The van der Waals surface area contributed by atoms with E-state index in [1.165, 1.54) is 0 Å². The summed E-state index contributed by atoms with van der Waals surface area (Å²) in [6.07, 6.45) is -0.0283. The second kappa shape index (κ2) is 8.11. The lowest BCUT2D eigenvalue weighted by molar-refractivity contribution is 0.0951. The van der Waals surface area contributed by atoms with E-state index in [9.17, 15) is 4.79 Å². The Hall–Kier alpha value is -3.03. The first-order valence-corrected chi connectivity index (χ1v) is 8.84. The summed E-state index contributed by atoms with van der Waals surface area (Å²) in [4.78, 5) is 12.8. The average molecular weight is 359 g/mol. The molecule has 0 atom stereocenters. The smallest absolute Gasteiger partial charge is 0.252 e. The molecule has 1 fully saturated rings. The number of nitrogens with one attached hydrogen (secondary N) is 5. The van der Waals surface area contributed by atoms with E-state index in [4.69, 9.17) is 0 Å². The fourth-order valence-corrected chi connectivity index (χ4v) is 3.13. The molecule has 0 unspecified atom stereocenters. The Morgan fingerprint density at radius 3 is 2.41 bits per heavy atom. The zero-order chi connectivity index (χ0) is 18.5. The van der Waals surface area contributed by atoms with Gasteiger partial charge in [0.05, 0.1) is 0 Å². The topological polar surface area (TPSA) is 77.2 Å². The molecule has 1 aliphatic heterocycles. The van der Waals surface area contributed by atoms with Crippen molar-refractivity contribution in [1.29, 1.82) is 0 Å². The molecule has 1 heterocycles. The normalized spacial score (nSPS) is 14.2. The Bertz CT molecular complexity index is 923. The third-order valence-electron chi connectivity index (χ3n) is 4.49. The van der Waals surface area contributed by atoms with Crippen molar-refractivity contribution in [2.45, 2.75) is 12.7 Å². The van der Waals surface area contributed by atoms with Gasteiger partial charge in [0.2, 0.25) is 0 Å². The van der Waals surface area contributed by atoms with Gasteiger partial charge < -0.3 is 5.32 Å². The summed E-state index contributed by atoms with van der Waals surface area (Å²) >= 11 is 0. The SMILES string of the molecule is O=C(NCc1cccc(C2NNNN2)c1)c1ccccc1-c1ccccc1. The van der Waals surface area contributed by atoms with Gasteiger partial charge in [-0.15, -0.1) is 0 Å². The van der Waals surface area contributed by atoms with Crippen molar-refractivity contribution in [3.63, 3.8) is 0 Å². The standard InChI is InChI=1S/C21H21N5O/c27-21(19-12-5-4-11-18(19)16-8-2-1-3-9-16)22-14-15-7-6-10-17(13-15)20-23-25-26-24-20/h1-13,20,23-26H,14H2,(H,22,27). The lowest BCUT2D eigenvalue weighted by Crippen LogP contribution is -2.33. The van der Waals surface area contributed by atoms with Gasteiger partial charge in [0.15, 0.2) is 0 Å². The van der Waals surface area contributed by atoms with Crippen molar-refractivity contribution >= 4 is 5.91 Å². The number of hydrazine groups is 3. The number of carbonyl (C=O) groups is 1. The molecular formula is C21H21N5O. The molecule has 27 heavy (non-hydrogen) atoms. The molecule has 6 heteroatoms. The summed E-state index contributed by atoms with van der Waals surface area (Å²) in [5.74, 6) is -0.0831. The van der Waals surface area contributed by atoms with Gasteiger partial charge in [-0.2, -0.15) is 11.1 Å². The second-order valence-electron chi connectivity index (χ2n) is 6.31. The van der Waals surface area contributed by atoms with Crippen LogP contribution in [0.4, 0.5) is 0 Å². The van der Waals surface area contributed by atoms with Crippen LogP contribution >= 0.6 is 0 Å². The highest BCUT2D eigenvalue weighted by molar-refractivity contribution is 6.00. The summed E-state index contributed by atoms with van der Waals surface area (Å²) < 4.78 is 0. The van der Waals surface area contributed by atoms with E-state index in [1.54, 1.807) is 0 Å².